The number of hydrogen-bond acceptors (Lipinski definition) is 9. The van der Waals surface area contributed by atoms with Gasteiger partial charge in [0.1, 0.15) is 28.7 Å². The average Bonchev–Trinajstić information content (AvgIpc) is 3.71. The van der Waals surface area contributed by atoms with Crippen molar-refractivity contribution in [3.8, 4) is 17.3 Å². The number of carbonyl (C=O) groups excluding carboxylic acids is 1. The summed E-state index contributed by atoms with van der Waals surface area (Å²) in [5, 5.41) is 2.56. The van der Waals surface area contributed by atoms with Crippen LogP contribution in [0.5, 0.6) is 6.01 Å². The number of ether oxygens (including phenoxy) is 2. The summed E-state index contributed by atoms with van der Waals surface area (Å²) < 4.78 is 39.6. The molecule has 0 bridgehead atoms. The van der Waals surface area contributed by atoms with E-state index >= 15 is 4.39 Å². The number of halogens is 3. The van der Waals surface area contributed by atoms with Crippen molar-refractivity contribution in [3.05, 3.63) is 66.1 Å². The second-order valence-corrected chi connectivity index (χ2v) is 14.4. The van der Waals surface area contributed by atoms with Crippen LogP contribution in [0.3, 0.4) is 0 Å². The average molecular weight is 720 g/mol. The molecule has 5 aliphatic heterocycles. The Hall–Kier alpha value is -3.97. The first-order chi connectivity index (χ1) is 24.7. The number of nitrogens with zero attached hydrogens (tertiary/aromatic N) is 7. The van der Waals surface area contributed by atoms with Gasteiger partial charge in [-0.05, 0) is 69.9 Å². The SMILES string of the molecule is C=CC(=O)N1CCN(c2nc(OC)nc3c(F)c(-c4cccc5cccc(Cl)c45)ncc23)CC12COC2.CN1CCC1.FC1CC2CCCN2C1. The Kier molecular flexibility index (Phi) is 10.4. The summed E-state index contributed by atoms with van der Waals surface area (Å²) >= 11 is 6.50. The lowest BCUT2D eigenvalue weighted by atomic mass is 9.91. The second kappa shape index (κ2) is 14.9. The molecule has 0 N–H and O–H groups in total. The molecule has 0 aliphatic carbocycles. The van der Waals surface area contributed by atoms with Gasteiger partial charge >= 0.3 is 6.01 Å². The summed E-state index contributed by atoms with van der Waals surface area (Å²) in [6, 6.07) is 11.7. The standard InChI is InChI=1S/C27H23ClFN5O3.C7H12FN.C4H9N/c1-3-20(35)34-11-10-33(13-27(34)14-37-15-27)25-18-12-30-23(22(29)24(18)31-26(32-25)36-2)17-8-4-6-16-7-5-9-19(28)21(16)17;8-6-4-7-2-1-3-9(7)5-6;1-5-3-2-4-5/h3-9,12H,1,10-11,13-15H2,2H3;6-7H,1-5H2;2-4H2,1H3. The summed E-state index contributed by atoms with van der Waals surface area (Å²) in [6.45, 7) is 10.3. The largest absolute Gasteiger partial charge is 0.467 e. The predicted octanol–water partition coefficient (Wildman–Crippen LogP) is 5.76. The molecular formula is C38H44ClF2N7O3. The van der Waals surface area contributed by atoms with Crippen LogP contribution in [-0.4, -0.2) is 126 Å². The molecule has 2 unspecified atom stereocenters. The first kappa shape index (κ1) is 35.4. The van der Waals surface area contributed by atoms with Crippen molar-refractivity contribution in [1.82, 2.24) is 29.7 Å². The number of aromatic nitrogens is 3. The van der Waals surface area contributed by atoms with Crippen molar-refractivity contribution in [2.45, 2.75) is 43.4 Å². The molecule has 51 heavy (non-hydrogen) atoms. The fourth-order valence-corrected chi connectivity index (χ4v) is 8.02. The van der Waals surface area contributed by atoms with Crippen LogP contribution in [-0.2, 0) is 9.53 Å². The Bertz CT molecular complexity index is 1910. The molecule has 13 heteroatoms. The van der Waals surface area contributed by atoms with Gasteiger partial charge in [-0.1, -0.05) is 48.5 Å². The zero-order valence-electron chi connectivity index (χ0n) is 29.2. The van der Waals surface area contributed by atoms with Gasteiger partial charge in [-0.25, -0.2) is 8.78 Å². The van der Waals surface area contributed by atoms with E-state index in [0.717, 1.165) is 18.4 Å². The van der Waals surface area contributed by atoms with E-state index in [2.05, 4.69) is 38.4 Å². The summed E-state index contributed by atoms with van der Waals surface area (Å²) in [5.41, 5.74) is 0.311. The number of carbonyl (C=O) groups is 1. The van der Waals surface area contributed by atoms with E-state index in [-0.39, 0.29) is 23.1 Å². The van der Waals surface area contributed by atoms with E-state index in [1.807, 2.05) is 29.2 Å². The van der Waals surface area contributed by atoms with E-state index in [1.165, 1.54) is 45.5 Å². The number of pyridine rings is 1. The molecule has 10 nitrogen and oxygen atoms in total. The van der Waals surface area contributed by atoms with Crippen molar-refractivity contribution in [2.75, 3.05) is 78.1 Å². The second-order valence-electron chi connectivity index (χ2n) is 14.0. The number of piperazine rings is 1. The van der Waals surface area contributed by atoms with Crippen LogP contribution in [0.15, 0.2) is 55.3 Å². The molecule has 1 spiro atoms. The van der Waals surface area contributed by atoms with Gasteiger partial charge in [-0.15, -0.1) is 0 Å². The number of amides is 1. The Balaban J connectivity index is 0.000000238. The number of methoxy groups -OCH3 is 1. The number of rotatable bonds is 4. The third-order valence-electron chi connectivity index (χ3n) is 10.6. The zero-order chi connectivity index (χ0) is 35.7. The lowest BCUT2D eigenvalue weighted by Gasteiger charge is -2.55. The number of fused-ring (bicyclic) bond motifs is 3. The molecular weight excluding hydrogens is 676 g/mol. The quantitative estimate of drug-likeness (QED) is 0.244. The van der Waals surface area contributed by atoms with E-state index in [0.29, 0.717) is 72.6 Å². The monoisotopic (exact) mass is 719 g/mol. The molecule has 0 saturated carbocycles. The Labute approximate surface area is 302 Å². The highest BCUT2D eigenvalue weighted by Gasteiger charge is 2.50. The summed E-state index contributed by atoms with van der Waals surface area (Å²) in [4.78, 5) is 34.3. The number of likely N-dealkylation sites (tertiary alicyclic amines) is 1. The van der Waals surface area contributed by atoms with Gasteiger partial charge in [0, 0.05) is 54.4 Å². The van der Waals surface area contributed by atoms with Crippen molar-refractivity contribution < 1.29 is 23.0 Å². The molecule has 5 fully saturated rings. The molecule has 2 aromatic heterocycles. The van der Waals surface area contributed by atoms with Gasteiger partial charge in [0.2, 0.25) is 5.91 Å². The van der Waals surface area contributed by atoms with Crippen molar-refractivity contribution in [3.63, 3.8) is 0 Å². The predicted molar refractivity (Wildman–Crippen MR) is 196 cm³/mol. The minimum Gasteiger partial charge on any atom is -0.467 e. The highest BCUT2D eigenvalue weighted by molar-refractivity contribution is 6.36. The van der Waals surface area contributed by atoms with Gasteiger partial charge in [0.05, 0.1) is 25.7 Å². The van der Waals surface area contributed by atoms with Crippen LogP contribution < -0.4 is 9.64 Å². The van der Waals surface area contributed by atoms with Gasteiger partial charge in [-0.2, -0.15) is 9.97 Å². The van der Waals surface area contributed by atoms with Crippen LogP contribution in [0, 0.1) is 5.82 Å². The van der Waals surface area contributed by atoms with E-state index in [4.69, 9.17) is 21.1 Å². The molecule has 9 rings (SSSR count). The van der Waals surface area contributed by atoms with E-state index in [9.17, 15) is 9.18 Å². The minimum absolute atomic E-state index is 0.0398. The molecule has 270 valence electrons. The summed E-state index contributed by atoms with van der Waals surface area (Å²) in [5.74, 6) is -0.235. The van der Waals surface area contributed by atoms with Crippen molar-refractivity contribution >= 4 is 45.0 Å². The molecule has 5 aliphatic rings. The third-order valence-corrected chi connectivity index (χ3v) is 10.9. The summed E-state index contributed by atoms with van der Waals surface area (Å²) in [7, 11) is 3.58. The van der Waals surface area contributed by atoms with Gasteiger partial charge in [0.25, 0.3) is 0 Å². The lowest BCUT2D eigenvalue weighted by Crippen LogP contribution is -2.72. The van der Waals surface area contributed by atoms with E-state index < -0.39 is 17.5 Å². The molecule has 2 aromatic carbocycles. The smallest absolute Gasteiger partial charge is 0.318 e. The van der Waals surface area contributed by atoms with E-state index in [1.54, 1.807) is 23.2 Å². The van der Waals surface area contributed by atoms with Crippen LogP contribution in [0.25, 0.3) is 32.9 Å². The van der Waals surface area contributed by atoms with Crippen LogP contribution >= 0.6 is 11.6 Å². The van der Waals surface area contributed by atoms with Gasteiger partial charge in [-0.3, -0.25) is 14.7 Å². The highest BCUT2D eigenvalue weighted by Crippen LogP contribution is 2.39. The maximum atomic E-state index is 16.2. The minimum atomic E-state index is -0.589. The topological polar surface area (TPSA) is 87.2 Å². The first-order valence-electron chi connectivity index (χ1n) is 17.6. The lowest BCUT2D eigenvalue weighted by molar-refractivity contribution is -0.164. The molecule has 7 heterocycles. The van der Waals surface area contributed by atoms with Crippen LogP contribution in [0.2, 0.25) is 5.02 Å². The maximum absolute atomic E-state index is 16.2. The van der Waals surface area contributed by atoms with Gasteiger partial charge < -0.3 is 24.2 Å². The van der Waals surface area contributed by atoms with Gasteiger partial charge in [0.15, 0.2) is 5.82 Å². The normalized spacial score (nSPS) is 22.4. The molecule has 4 aromatic rings. The van der Waals surface area contributed by atoms with Crippen molar-refractivity contribution in [1.29, 1.82) is 0 Å². The number of benzene rings is 2. The fraction of sp³-hybridized carbons (Fsp3) is 0.474. The zero-order valence-corrected chi connectivity index (χ0v) is 29.9. The Morgan fingerprint density at radius 2 is 1.86 bits per heavy atom. The number of alkyl halides is 1. The third kappa shape index (κ3) is 6.98. The molecule has 0 radical (unpaired) electrons. The summed E-state index contributed by atoms with van der Waals surface area (Å²) in [6.07, 6.45) is 7.13. The fourth-order valence-electron chi connectivity index (χ4n) is 7.73. The molecule has 1 amide bonds. The first-order valence-corrected chi connectivity index (χ1v) is 18.0. The van der Waals surface area contributed by atoms with Crippen molar-refractivity contribution in [2.24, 2.45) is 0 Å². The van der Waals surface area contributed by atoms with Crippen LogP contribution in [0.1, 0.15) is 25.7 Å². The molecule has 2 atom stereocenters. The highest BCUT2D eigenvalue weighted by atomic mass is 35.5. The maximum Gasteiger partial charge on any atom is 0.318 e. The Morgan fingerprint density at radius 1 is 1.10 bits per heavy atom. The number of hydrogen-bond donors (Lipinski definition) is 0. The number of anilines is 1. The van der Waals surface area contributed by atoms with Crippen LogP contribution in [0.4, 0.5) is 14.6 Å². The Morgan fingerprint density at radius 3 is 2.51 bits per heavy atom. The molecule has 5 saturated heterocycles.